The molecule has 0 amide bonds. The maximum atomic E-state index is 10.4. The lowest BCUT2D eigenvalue weighted by Gasteiger charge is -2.47. The zero-order chi connectivity index (χ0) is 10.1. The van der Waals surface area contributed by atoms with Crippen molar-refractivity contribution >= 4 is 0 Å². The summed E-state index contributed by atoms with van der Waals surface area (Å²) in [4.78, 5) is 0. The van der Waals surface area contributed by atoms with Gasteiger partial charge in [-0.05, 0) is 12.8 Å². The van der Waals surface area contributed by atoms with E-state index in [1.165, 1.54) is 0 Å². The van der Waals surface area contributed by atoms with E-state index in [4.69, 9.17) is 10.5 Å². The summed E-state index contributed by atoms with van der Waals surface area (Å²) in [6, 6.07) is 0. The van der Waals surface area contributed by atoms with Crippen LogP contribution in [0.5, 0.6) is 0 Å². The van der Waals surface area contributed by atoms with Gasteiger partial charge in [-0.3, -0.25) is 0 Å². The molecule has 0 aromatic carbocycles. The Labute approximate surface area is 80.3 Å². The predicted molar refractivity (Wildman–Crippen MR) is 52.4 cm³/mol. The van der Waals surface area contributed by atoms with Crippen LogP contribution in [0, 0.1) is 5.92 Å². The minimum atomic E-state index is -0.751. The van der Waals surface area contributed by atoms with Crippen LogP contribution in [0.2, 0.25) is 0 Å². The number of nitrogens with two attached hydrogens (primary N) is 1. The molecule has 78 valence electrons. The van der Waals surface area contributed by atoms with Crippen molar-refractivity contribution in [2.24, 2.45) is 11.7 Å². The van der Waals surface area contributed by atoms with E-state index >= 15 is 0 Å². The molecule has 0 spiro atoms. The molecule has 3 N–H and O–H groups in total. The lowest BCUT2D eigenvalue weighted by Crippen LogP contribution is -2.63. The zero-order valence-electron chi connectivity index (χ0n) is 8.84. The Bertz CT molecular complexity index is 172. The van der Waals surface area contributed by atoms with E-state index in [9.17, 15) is 5.11 Å². The molecule has 0 saturated carbocycles. The summed E-state index contributed by atoms with van der Waals surface area (Å²) >= 11 is 0. The van der Waals surface area contributed by atoms with Crippen LogP contribution in [0.25, 0.3) is 0 Å². The van der Waals surface area contributed by atoms with Crippen LogP contribution in [0.3, 0.4) is 0 Å². The van der Waals surface area contributed by atoms with E-state index in [2.05, 4.69) is 0 Å². The van der Waals surface area contributed by atoms with Crippen LogP contribution >= 0.6 is 0 Å². The first kappa shape index (κ1) is 11.0. The van der Waals surface area contributed by atoms with Crippen molar-refractivity contribution in [3.63, 3.8) is 0 Å². The lowest BCUT2D eigenvalue weighted by molar-refractivity contribution is -0.117. The second-order valence-corrected chi connectivity index (χ2v) is 4.58. The molecule has 1 unspecified atom stereocenters. The highest BCUT2D eigenvalue weighted by atomic mass is 16.5. The fourth-order valence-electron chi connectivity index (χ4n) is 1.79. The molecule has 1 rings (SSSR count). The Kier molecular flexibility index (Phi) is 3.00. The van der Waals surface area contributed by atoms with Gasteiger partial charge in [0.2, 0.25) is 0 Å². The predicted octanol–water partition coefficient (Wildman–Crippen LogP) is 0.901. The van der Waals surface area contributed by atoms with Crippen molar-refractivity contribution in [1.29, 1.82) is 0 Å². The lowest BCUT2D eigenvalue weighted by atomic mass is 9.70. The highest BCUT2D eigenvalue weighted by Gasteiger charge is 2.46. The summed E-state index contributed by atoms with van der Waals surface area (Å²) in [6.07, 6.45) is 1.30. The second kappa shape index (κ2) is 3.56. The van der Waals surface area contributed by atoms with Crippen molar-refractivity contribution in [1.82, 2.24) is 0 Å². The Morgan fingerprint density at radius 1 is 1.38 bits per heavy atom. The van der Waals surface area contributed by atoms with Crippen LogP contribution in [-0.2, 0) is 4.74 Å². The Morgan fingerprint density at radius 2 is 1.85 bits per heavy atom. The molecule has 0 bridgehead atoms. The molecular weight excluding hydrogens is 166 g/mol. The minimum absolute atomic E-state index is 0.274. The molecule has 1 heterocycles. The van der Waals surface area contributed by atoms with E-state index in [0.29, 0.717) is 26.1 Å². The maximum Gasteiger partial charge on any atom is 0.0869 e. The van der Waals surface area contributed by atoms with Gasteiger partial charge in [0.05, 0.1) is 5.60 Å². The normalized spacial score (nSPS) is 27.2. The molecular formula is C10H21NO2. The molecule has 1 aliphatic heterocycles. The van der Waals surface area contributed by atoms with Gasteiger partial charge >= 0.3 is 0 Å². The van der Waals surface area contributed by atoms with E-state index in [0.717, 1.165) is 0 Å². The number of hydrogen-bond acceptors (Lipinski definition) is 3. The first-order valence-corrected chi connectivity index (χ1v) is 4.99. The molecule has 0 aromatic heterocycles. The maximum absolute atomic E-state index is 10.4. The van der Waals surface area contributed by atoms with Crippen LogP contribution < -0.4 is 5.73 Å². The van der Waals surface area contributed by atoms with Crippen molar-refractivity contribution in [3.8, 4) is 0 Å². The third-order valence-corrected chi connectivity index (χ3v) is 3.52. The zero-order valence-corrected chi connectivity index (χ0v) is 8.84. The van der Waals surface area contributed by atoms with Gasteiger partial charge in [-0.1, -0.05) is 13.8 Å². The van der Waals surface area contributed by atoms with E-state index in [1.807, 2.05) is 20.8 Å². The van der Waals surface area contributed by atoms with Gasteiger partial charge < -0.3 is 15.6 Å². The number of rotatable bonds is 2. The fraction of sp³-hybridized carbons (Fsp3) is 1.00. The van der Waals surface area contributed by atoms with Gasteiger partial charge in [0.15, 0.2) is 0 Å². The van der Waals surface area contributed by atoms with Gasteiger partial charge in [0, 0.05) is 31.6 Å². The first-order chi connectivity index (χ1) is 5.90. The minimum Gasteiger partial charge on any atom is -0.388 e. The summed E-state index contributed by atoms with van der Waals surface area (Å²) < 4.78 is 5.22. The van der Waals surface area contributed by atoms with Crippen molar-refractivity contribution in [3.05, 3.63) is 0 Å². The van der Waals surface area contributed by atoms with Crippen LogP contribution in [0.15, 0.2) is 0 Å². The van der Waals surface area contributed by atoms with Crippen molar-refractivity contribution < 1.29 is 9.84 Å². The Morgan fingerprint density at radius 3 is 2.23 bits per heavy atom. The summed E-state index contributed by atoms with van der Waals surface area (Å²) in [5, 5.41) is 10.4. The average Bonchev–Trinajstić information content (AvgIpc) is 2.05. The molecule has 1 aliphatic rings. The van der Waals surface area contributed by atoms with Gasteiger partial charge in [0.25, 0.3) is 0 Å². The number of hydrogen-bond donors (Lipinski definition) is 2. The van der Waals surface area contributed by atoms with Gasteiger partial charge in [-0.15, -0.1) is 0 Å². The third-order valence-electron chi connectivity index (χ3n) is 3.52. The highest BCUT2D eigenvalue weighted by molar-refractivity contribution is 5.03. The Hall–Kier alpha value is -0.120. The molecule has 3 nitrogen and oxygen atoms in total. The Balaban J connectivity index is 2.76. The van der Waals surface area contributed by atoms with Gasteiger partial charge in [0.1, 0.15) is 0 Å². The quantitative estimate of drug-likeness (QED) is 0.675. The van der Waals surface area contributed by atoms with Crippen LogP contribution in [0.1, 0.15) is 33.6 Å². The van der Waals surface area contributed by atoms with Crippen molar-refractivity contribution in [2.45, 2.75) is 44.8 Å². The monoisotopic (exact) mass is 187 g/mol. The topological polar surface area (TPSA) is 55.5 Å². The first-order valence-electron chi connectivity index (χ1n) is 4.99. The highest BCUT2D eigenvalue weighted by Crippen LogP contribution is 2.35. The molecule has 1 fully saturated rings. The van der Waals surface area contributed by atoms with Crippen molar-refractivity contribution in [2.75, 3.05) is 13.2 Å². The van der Waals surface area contributed by atoms with E-state index in [-0.39, 0.29) is 5.92 Å². The van der Waals surface area contributed by atoms with Gasteiger partial charge in [-0.2, -0.15) is 0 Å². The number of aliphatic hydroxyl groups is 1. The van der Waals surface area contributed by atoms with Gasteiger partial charge in [-0.25, -0.2) is 0 Å². The third kappa shape index (κ3) is 1.87. The summed E-state index contributed by atoms with van der Waals surface area (Å²) in [7, 11) is 0. The molecule has 3 heteroatoms. The standard InChI is InChI=1S/C10H21NO2/c1-8(2)9(3,11)10(12)4-6-13-7-5-10/h8,12H,4-7,11H2,1-3H3. The van der Waals surface area contributed by atoms with Crippen LogP contribution in [0.4, 0.5) is 0 Å². The summed E-state index contributed by atoms with van der Waals surface area (Å²) in [5.41, 5.74) is 4.90. The molecule has 0 aromatic rings. The SMILES string of the molecule is CC(C)C(C)(N)C1(O)CCOCC1. The smallest absolute Gasteiger partial charge is 0.0869 e. The molecule has 1 saturated heterocycles. The van der Waals surface area contributed by atoms with E-state index in [1.54, 1.807) is 0 Å². The summed E-state index contributed by atoms with van der Waals surface area (Å²) in [6.45, 7) is 7.27. The molecule has 0 aliphatic carbocycles. The molecule has 0 radical (unpaired) electrons. The molecule has 1 atom stereocenters. The second-order valence-electron chi connectivity index (χ2n) is 4.58. The van der Waals surface area contributed by atoms with E-state index < -0.39 is 11.1 Å². The number of ether oxygens (including phenoxy) is 1. The summed E-state index contributed by atoms with van der Waals surface area (Å²) in [5.74, 6) is 0.274. The largest absolute Gasteiger partial charge is 0.388 e. The van der Waals surface area contributed by atoms with Crippen LogP contribution in [-0.4, -0.2) is 29.5 Å². The average molecular weight is 187 g/mol. The fourth-order valence-corrected chi connectivity index (χ4v) is 1.79. The molecule has 13 heavy (non-hydrogen) atoms.